The van der Waals surface area contributed by atoms with Gasteiger partial charge < -0.3 is 15.0 Å². The highest BCUT2D eigenvalue weighted by atomic mass is 16.5. The zero-order valence-electron chi connectivity index (χ0n) is 16.1. The van der Waals surface area contributed by atoms with Gasteiger partial charge in [-0.25, -0.2) is 0 Å². The average Bonchev–Trinajstić information content (AvgIpc) is 3.25. The summed E-state index contributed by atoms with van der Waals surface area (Å²) in [6.45, 7) is 6.32. The van der Waals surface area contributed by atoms with Crippen molar-refractivity contribution in [3.8, 4) is 0 Å². The van der Waals surface area contributed by atoms with Gasteiger partial charge in [-0.2, -0.15) is 0 Å². The van der Waals surface area contributed by atoms with Gasteiger partial charge in [0.1, 0.15) is 0 Å². The van der Waals surface area contributed by atoms with Crippen LogP contribution >= 0.6 is 0 Å². The number of carbonyl (C=O) groups excluding carboxylic acids is 2. The first-order valence-corrected chi connectivity index (χ1v) is 9.60. The van der Waals surface area contributed by atoms with Crippen LogP contribution in [-0.4, -0.2) is 50.1 Å². The lowest BCUT2D eigenvalue weighted by Gasteiger charge is -2.28. The maximum Gasteiger partial charge on any atom is 0.253 e. The van der Waals surface area contributed by atoms with Crippen molar-refractivity contribution in [2.24, 2.45) is 11.3 Å². The van der Waals surface area contributed by atoms with Crippen LogP contribution in [0, 0.1) is 25.2 Å². The van der Waals surface area contributed by atoms with E-state index in [-0.39, 0.29) is 23.1 Å². The van der Waals surface area contributed by atoms with E-state index in [1.807, 2.05) is 36.9 Å². The molecule has 1 N–H and O–H groups in total. The van der Waals surface area contributed by atoms with Crippen molar-refractivity contribution in [2.45, 2.75) is 39.5 Å². The summed E-state index contributed by atoms with van der Waals surface area (Å²) in [5, 5.41) is 2.99. The molecule has 1 aliphatic heterocycles. The number of aryl methyl sites for hydroxylation is 2. The Balaban J connectivity index is 1.76. The molecule has 1 atom stereocenters. The molecule has 26 heavy (non-hydrogen) atoms. The summed E-state index contributed by atoms with van der Waals surface area (Å²) in [5.41, 5.74) is 2.99. The second-order valence-corrected chi connectivity index (χ2v) is 7.89. The molecular formula is C21H30N2O3. The van der Waals surface area contributed by atoms with Crippen LogP contribution in [0.5, 0.6) is 0 Å². The van der Waals surface area contributed by atoms with Gasteiger partial charge in [-0.05, 0) is 49.9 Å². The van der Waals surface area contributed by atoms with Gasteiger partial charge in [0, 0.05) is 37.7 Å². The molecule has 0 radical (unpaired) electrons. The number of hydrogen-bond donors (Lipinski definition) is 1. The quantitative estimate of drug-likeness (QED) is 0.824. The standard InChI is InChI=1S/C21H30N2O3/c1-15-6-7-17(12-16(15)2)20(25)23-13-18(19(24)22-10-11-26-3)21(14-23)8-4-5-9-21/h6-7,12,18H,4-5,8-11,13-14H2,1-3H3,(H,22,24). The third kappa shape index (κ3) is 3.63. The first-order chi connectivity index (χ1) is 12.5. The fourth-order valence-corrected chi connectivity index (χ4v) is 4.53. The van der Waals surface area contributed by atoms with Gasteiger partial charge in [0.25, 0.3) is 5.91 Å². The van der Waals surface area contributed by atoms with Crippen LogP contribution < -0.4 is 5.32 Å². The fourth-order valence-electron chi connectivity index (χ4n) is 4.53. The van der Waals surface area contributed by atoms with Crippen molar-refractivity contribution in [2.75, 3.05) is 33.4 Å². The molecule has 1 aromatic carbocycles. The first-order valence-electron chi connectivity index (χ1n) is 9.60. The summed E-state index contributed by atoms with van der Waals surface area (Å²) in [5.74, 6) is 0.00301. The predicted molar refractivity (Wildman–Crippen MR) is 101 cm³/mol. The topological polar surface area (TPSA) is 58.6 Å². The monoisotopic (exact) mass is 358 g/mol. The third-order valence-corrected chi connectivity index (χ3v) is 6.21. The van der Waals surface area contributed by atoms with E-state index in [9.17, 15) is 9.59 Å². The zero-order valence-corrected chi connectivity index (χ0v) is 16.1. The van der Waals surface area contributed by atoms with Crippen LogP contribution in [0.3, 0.4) is 0 Å². The van der Waals surface area contributed by atoms with Crippen molar-refractivity contribution in [3.05, 3.63) is 34.9 Å². The maximum absolute atomic E-state index is 13.1. The number of ether oxygens (including phenoxy) is 1. The molecule has 0 bridgehead atoms. The Morgan fingerprint density at radius 1 is 1.23 bits per heavy atom. The Bertz CT molecular complexity index is 680. The number of nitrogens with one attached hydrogen (secondary N) is 1. The van der Waals surface area contributed by atoms with E-state index in [4.69, 9.17) is 4.74 Å². The molecule has 1 saturated heterocycles. The van der Waals surface area contributed by atoms with E-state index >= 15 is 0 Å². The van der Waals surface area contributed by atoms with Crippen LogP contribution in [0.25, 0.3) is 0 Å². The number of carbonyl (C=O) groups is 2. The number of nitrogens with zero attached hydrogens (tertiary/aromatic N) is 1. The molecule has 0 aromatic heterocycles. The van der Waals surface area contributed by atoms with E-state index in [0.29, 0.717) is 26.2 Å². The molecule has 5 heteroatoms. The molecule has 1 spiro atoms. The van der Waals surface area contributed by atoms with Gasteiger partial charge in [-0.15, -0.1) is 0 Å². The Labute approximate surface area is 156 Å². The molecule has 5 nitrogen and oxygen atoms in total. The van der Waals surface area contributed by atoms with Gasteiger partial charge in [-0.1, -0.05) is 18.9 Å². The van der Waals surface area contributed by atoms with E-state index in [1.165, 1.54) is 5.56 Å². The van der Waals surface area contributed by atoms with Crippen LogP contribution in [-0.2, 0) is 9.53 Å². The van der Waals surface area contributed by atoms with Crippen LogP contribution in [0.4, 0.5) is 0 Å². The minimum absolute atomic E-state index is 0.0477. The Morgan fingerprint density at radius 3 is 2.62 bits per heavy atom. The highest BCUT2D eigenvalue weighted by Crippen LogP contribution is 2.49. The molecule has 142 valence electrons. The highest BCUT2D eigenvalue weighted by molar-refractivity contribution is 5.95. The second kappa shape index (κ2) is 7.78. The molecule has 1 aliphatic carbocycles. The van der Waals surface area contributed by atoms with E-state index in [2.05, 4.69) is 5.32 Å². The minimum atomic E-state index is -0.114. The number of likely N-dealkylation sites (tertiary alicyclic amines) is 1. The Morgan fingerprint density at radius 2 is 1.96 bits per heavy atom. The lowest BCUT2D eigenvalue weighted by Crippen LogP contribution is -2.41. The van der Waals surface area contributed by atoms with Crippen LogP contribution in [0.2, 0.25) is 0 Å². The lowest BCUT2D eigenvalue weighted by molar-refractivity contribution is -0.127. The lowest BCUT2D eigenvalue weighted by atomic mass is 9.76. The average molecular weight is 358 g/mol. The molecule has 3 rings (SSSR count). The summed E-state index contributed by atoms with van der Waals surface area (Å²) >= 11 is 0. The summed E-state index contributed by atoms with van der Waals surface area (Å²) in [6.07, 6.45) is 4.36. The molecule has 2 amide bonds. The number of amides is 2. The van der Waals surface area contributed by atoms with Gasteiger partial charge in [0.2, 0.25) is 5.91 Å². The molecule has 2 fully saturated rings. The van der Waals surface area contributed by atoms with Crippen molar-refractivity contribution in [3.63, 3.8) is 0 Å². The zero-order chi connectivity index (χ0) is 18.7. The van der Waals surface area contributed by atoms with E-state index in [0.717, 1.165) is 36.8 Å². The first kappa shape index (κ1) is 18.9. The molecular weight excluding hydrogens is 328 g/mol. The SMILES string of the molecule is COCCNC(=O)C1CN(C(=O)c2ccc(C)c(C)c2)CC12CCCC2. The van der Waals surface area contributed by atoms with Crippen LogP contribution in [0.1, 0.15) is 47.2 Å². The summed E-state index contributed by atoms with van der Waals surface area (Å²) in [6, 6.07) is 5.86. The van der Waals surface area contributed by atoms with Crippen molar-refractivity contribution in [1.82, 2.24) is 10.2 Å². The normalized spacial score (nSPS) is 21.3. The van der Waals surface area contributed by atoms with Gasteiger partial charge in [0.05, 0.1) is 12.5 Å². The fraction of sp³-hybridized carbons (Fsp3) is 0.619. The van der Waals surface area contributed by atoms with Gasteiger partial charge in [-0.3, -0.25) is 9.59 Å². The number of benzene rings is 1. The number of rotatable bonds is 5. The smallest absolute Gasteiger partial charge is 0.253 e. The highest BCUT2D eigenvalue weighted by Gasteiger charge is 2.52. The Hall–Kier alpha value is -1.88. The van der Waals surface area contributed by atoms with Gasteiger partial charge >= 0.3 is 0 Å². The molecule has 1 unspecified atom stereocenters. The number of hydrogen-bond acceptors (Lipinski definition) is 3. The third-order valence-electron chi connectivity index (χ3n) is 6.21. The van der Waals surface area contributed by atoms with E-state index < -0.39 is 0 Å². The van der Waals surface area contributed by atoms with Gasteiger partial charge in [0.15, 0.2) is 0 Å². The maximum atomic E-state index is 13.1. The summed E-state index contributed by atoms with van der Waals surface area (Å²) in [7, 11) is 1.63. The second-order valence-electron chi connectivity index (χ2n) is 7.89. The molecule has 1 aromatic rings. The van der Waals surface area contributed by atoms with Crippen LogP contribution in [0.15, 0.2) is 18.2 Å². The van der Waals surface area contributed by atoms with E-state index in [1.54, 1.807) is 7.11 Å². The number of methoxy groups -OCH3 is 1. The molecule has 1 saturated carbocycles. The minimum Gasteiger partial charge on any atom is -0.383 e. The Kier molecular flexibility index (Phi) is 5.66. The summed E-state index contributed by atoms with van der Waals surface area (Å²) in [4.78, 5) is 27.7. The molecule has 1 heterocycles. The van der Waals surface area contributed by atoms with Crippen molar-refractivity contribution < 1.29 is 14.3 Å². The summed E-state index contributed by atoms with van der Waals surface area (Å²) < 4.78 is 5.03. The predicted octanol–water partition coefficient (Wildman–Crippen LogP) is 2.70. The largest absolute Gasteiger partial charge is 0.383 e. The van der Waals surface area contributed by atoms with Crippen molar-refractivity contribution >= 4 is 11.8 Å². The van der Waals surface area contributed by atoms with Crippen molar-refractivity contribution in [1.29, 1.82) is 0 Å². The molecule has 2 aliphatic rings.